The zero-order valence-electron chi connectivity index (χ0n) is 13.1. The molecule has 25 heavy (non-hydrogen) atoms. The molecule has 2 heterocycles. The van der Waals surface area contributed by atoms with Gasteiger partial charge >= 0.3 is 0 Å². The highest BCUT2D eigenvalue weighted by Crippen LogP contribution is 2.49. The Bertz CT molecular complexity index is 1100. The highest BCUT2D eigenvalue weighted by atomic mass is 35.5. The fourth-order valence-electron chi connectivity index (χ4n) is 3.61. The predicted octanol–water partition coefficient (Wildman–Crippen LogP) is 8.02. The van der Waals surface area contributed by atoms with Gasteiger partial charge in [0.25, 0.3) is 0 Å². The molecule has 4 heteroatoms. The molecule has 0 spiro atoms. The number of fused-ring (bicyclic) bond motifs is 3. The van der Waals surface area contributed by atoms with Gasteiger partial charge in [0.15, 0.2) is 0 Å². The summed E-state index contributed by atoms with van der Waals surface area (Å²) in [7, 11) is 0. The van der Waals surface area contributed by atoms with Crippen molar-refractivity contribution in [2.24, 2.45) is 0 Å². The summed E-state index contributed by atoms with van der Waals surface area (Å²) in [6, 6.07) is 21.3. The zero-order valence-corrected chi connectivity index (χ0v) is 16.2. The molecule has 0 N–H and O–H groups in total. The summed E-state index contributed by atoms with van der Waals surface area (Å²) >= 11 is 15.7. The van der Waals surface area contributed by atoms with E-state index < -0.39 is 0 Å². The van der Waals surface area contributed by atoms with Crippen LogP contribution < -0.4 is 0 Å². The van der Waals surface area contributed by atoms with E-state index in [1.807, 2.05) is 12.1 Å². The van der Waals surface area contributed by atoms with E-state index in [0.717, 1.165) is 15.1 Å². The van der Waals surface area contributed by atoms with E-state index in [9.17, 15) is 0 Å². The van der Waals surface area contributed by atoms with Crippen molar-refractivity contribution in [3.05, 3.63) is 80.5 Å². The molecule has 122 valence electrons. The van der Waals surface area contributed by atoms with Crippen LogP contribution in [0, 0.1) is 0 Å². The van der Waals surface area contributed by atoms with Crippen LogP contribution in [0.1, 0.15) is 11.1 Å². The van der Waals surface area contributed by atoms with Gasteiger partial charge in [0, 0.05) is 20.9 Å². The van der Waals surface area contributed by atoms with Gasteiger partial charge in [-0.25, -0.2) is 0 Å². The predicted molar refractivity (Wildman–Crippen MR) is 111 cm³/mol. The van der Waals surface area contributed by atoms with Crippen molar-refractivity contribution in [2.75, 3.05) is 0 Å². The first-order chi connectivity index (χ1) is 12.2. The molecule has 1 aliphatic rings. The SMILES string of the molecule is Clc1ccc(-c2ccc3c(c2-c2ccc(Cl)s2)Cc2ccccc2-3)s1. The molecule has 0 unspecified atom stereocenters. The van der Waals surface area contributed by atoms with E-state index in [1.54, 1.807) is 22.7 Å². The minimum atomic E-state index is 0.814. The third kappa shape index (κ3) is 2.56. The normalized spacial score (nSPS) is 12.2. The number of hydrogen-bond donors (Lipinski definition) is 0. The van der Waals surface area contributed by atoms with Crippen LogP contribution in [-0.2, 0) is 6.42 Å². The summed E-state index contributed by atoms with van der Waals surface area (Å²) in [5, 5.41) is 0. The van der Waals surface area contributed by atoms with Crippen molar-refractivity contribution in [3.8, 4) is 32.0 Å². The van der Waals surface area contributed by atoms with E-state index in [4.69, 9.17) is 23.2 Å². The number of hydrogen-bond acceptors (Lipinski definition) is 2. The molecule has 0 radical (unpaired) electrons. The van der Waals surface area contributed by atoms with Crippen molar-refractivity contribution >= 4 is 45.9 Å². The molecule has 0 nitrogen and oxygen atoms in total. The maximum Gasteiger partial charge on any atom is 0.0934 e. The topological polar surface area (TPSA) is 0 Å². The highest BCUT2D eigenvalue weighted by Gasteiger charge is 2.25. The van der Waals surface area contributed by atoms with Gasteiger partial charge in [-0.15, -0.1) is 22.7 Å². The fraction of sp³-hybridized carbons (Fsp3) is 0.0476. The molecule has 0 aliphatic heterocycles. The van der Waals surface area contributed by atoms with Crippen LogP contribution in [0.25, 0.3) is 32.0 Å². The van der Waals surface area contributed by atoms with Crippen molar-refractivity contribution in [3.63, 3.8) is 0 Å². The monoisotopic (exact) mass is 398 g/mol. The second-order valence-corrected chi connectivity index (χ2v) is 9.49. The summed E-state index contributed by atoms with van der Waals surface area (Å²) in [6.45, 7) is 0. The zero-order chi connectivity index (χ0) is 17.0. The summed E-state index contributed by atoms with van der Waals surface area (Å²) in [5.74, 6) is 0. The first-order valence-corrected chi connectivity index (χ1v) is 10.3. The summed E-state index contributed by atoms with van der Waals surface area (Å²) < 4.78 is 1.63. The van der Waals surface area contributed by atoms with Gasteiger partial charge in [-0.05, 0) is 52.9 Å². The molecule has 0 saturated heterocycles. The van der Waals surface area contributed by atoms with Gasteiger partial charge in [0.05, 0.1) is 8.67 Å². The molecule has 0 saturated carbocycles. The lowest BCUT2D eigenvalue weighted by Gasteiger charge is -2.13. The van der Waals surface area contributed by atoms with Crippen LogP contribution in [-0.4, -0.2) is 0 Å². The van der Waals surface area contributed by atoms with Crippen LogP contribution >= 0.6 is 45.9 Å². The Morgan fingerprint density at radius 2 is 1.32 bits per heavy atom. The lowest BCUT2D eigenvalue weighted by molar-refractivity contribution is 1.27. The van der Waals surface area contributed by atoms with Crippen molar-refractivity contribution in [1.82, 2.24) is 0 Å². The van der Waals surface area contributed by atoms with E-state index in [-0.39, 0.29) is 0 Å². The standard InChI is InChI=1S/C21H12Cl2S2/c22-19-9-7-17(24-19)15-6-5-14-13-4-2-1-3-12(13)11-16(14)21(15)18-8-10-20(23)25-18/h1-10H,11H2. The quantitative estimate of drug-likeness (QED) is 0.282. The van der Waals surface area contributed by atoms with Crippen LogP contribution in [0.4, 0.5) is 0 Å². The summed E-state index contributed by atoms with van der Waals surface area (Å²) in [5.41, 5.74) is 7.99. The maximum atomic E-state index is 6.25. The molecule has 2 aromatic carbocycles. The highest BCUT2D eigenvalue weighted by molar-refractivity contribution is 7.20. The number of halogens is 2. The lowest BCUT2D eigenvalue weighted by atomic mass is 9.94. The third-order valence-electron chi connectivity index (χ3n) is 4.65. The van der Waals surface area contributed by atoms with Crippen molar-refractivity contribution < 1.29 is 0 Å². The van der Waals surface area contributed by atoms with Crippen LogP contribution in [0.5, 0.6) is 0 Å². The van der Waals surface area contributed by atoms with Crippen LogP contribution in [0.3, 0.4) is 0 Å². The second-order valence-electron chi connectivity index (χ2n) is 6.06. The van der Waals surface area contributed by atoms with E-state index in [1.165, 1.54) is 43.1 Å². The van der Waals surface area contributed by atoms with Crippen molar-refractivity contribution in [1.29, 1.82) is 0 Å². The van der Waals surface area contributed by atoms with Crippen LogP contribution in [0.2, 0.25) is 8.67 Å². The maximum absolute atomic E-state index is 6.25. The Morgan fingerprint density at radius 3 is 2.04 bits per heavy atom. The molecule has 2 aromatic heterocycles. The number of rotatable bonds is 2. The molecule has 0 fully saturated rings. The lowest BCUT2D eigenvalue weighted by Crippen LogP contribution is -1.90. The minimum Gasteiger partial charge on any atom is -0.123 e. The molecule has 4 aromatic rings. The van der Waals surface area contributed by atoms with Crippen LogP contribution in [0.15, 0.2) is 60.7 Å². The van der Waals surface area contributed by atoms with Gasteiger partial charge in [0.1, 0.15) is 0 Å². The molecular weight excluding hydrogens is 387 g/mol. The first-order valence-electron chi connectivity index (χ1n) is 7.96. The Balaban J connectivity index is 1.81. The van der Waals surface area contributed by atoms with Gasteiger partial charge in [0.2, 0.25) is 0 Å². The van der Waals surface area contributed by atoms with E-state index >= 15 is 0 Å². The largest absolute Gasteiger partial charge is 0.123 e. The number of benzene rings is 2. The summed E-state index contributed by atoms with van der Waals surface area (Å²) in [6.07, 6.45) is 0.962. The van der Waals surface area contributed by atoms with E-state index in [2.05, 4.69) is 48.5 Å². The van der Waals surface area contributed by atoms with Gasteiger partial charge in [-0.3, -0.25) is 0 Å². The van der Waals surface area contributed by atoms with Gasteiger partial charge < -0.3 is 0 Å². The fourth-order valence-corrected chi connectivity index (χ4v) is 5.81. The Hall–Kier alpha value is -1.58. The molecule has 0 bridgehead atoms. The Labute approximate surface area is 164 Å². The minimum absolute atomic E-state index is 0.814. The van der Waals surface area contributed by atoms with Crippen molar-refractivity contribution in [2.45, 2.75) is 6.42 Å². The van der Waals surface area contributed by atoms with E-state index in [0.29, 0.717) is 0 Å². The molecule has 5 rings (SSSR count). The molecule has 0 atom stereocenters. The first kappa shape index (κ1) is 15.7. The smallest absolute Gasteiger partial charge is 0.0934 e. The van der Waals surface area contributed by atoms with Gasteiger partial charge in [-0.1, -0.05) is 59.6 Å². The third-order valence-corrected chi connectivity index (χ3v) is 7.16. The second kappa shape index (κ2) is 6.00. The van der Waals surface area contributed by atoms with Gasteiger partial charge in [-0.2, -0.15) is 0 Å². The summed E-state index contributed by atoms with van der Waals surface area (Å²) in [4.78, 5) is 2.41. The molecule has 1 aliphatic carbocycles. The Morgan fingerprint density at radius 1 is 0.640 bits per heavy atom. The number of thiophene rings is 2. The molecule has 0 amide bonds. The molecular formula is C21H12Cl2S2. The average Bonchev–Trinajstić information content (AvgIpc) is 3.32. The Kier molecular flexibility index (Phi) is 3.76. The average molecular weight is 399 g/mol.